The smallest absolute Gasteiger partial charge is 0.110 e. The van der Waals surface area contributed by atoms with E-state index in [0.717, 1.165) is 25.1 Å². The van der Waals surface area contributed by atoms with Gasteiger partial charge in [0.05, 0.1) is 17.4 Å². The minimum absolute atomic E-state index is 0.0712. The van der Waals surface area contributed by atoms with E-state index < -0.39 is 0 Å². The molecule has 3 rings (SSSR count). The second-order valence-corrected chi connectivity index (χ2v) is 8.70. The van der Waals surface area contributed by atoms with E-state index in [9.17, 15) is 0 Å². The molecule has 0 spiro atoms. The first-order valence-electron chi connectivity index (χ1n) is 8.81. The van der Waals surface area contributed by atoms with E-state index >= 15 is 0 Å². The van der Waals surface area contributed by atoms with Gasteiger partial charge in [-0.25, -0.2) is 4.98 Å². The van der Waals surface area contributed by atoms with Gasteiger partial charge in [0.1, 0.15) is 5.82 Å². The second-order valence-electron chi connectivity index (χ2n) is 7.54. The van der Waals surface area contributed by atoms with Gasteiger partial charge < -0.3 is 9.30 Å². The van der Waals surface area contributed by atoms with Crippen molar-refractivity contribution >= 4 is 22.6 Å². The Hall–Kier alpha value is -0.880. The highest BCUT2D eigenvalue weighted by Gasteiger charge is 2.34. The number of aromatic nitrogens is 2. The Balaban J connectivity index is 1.93. The van der Waals surface area contributed by atoms with E-state index in [4.69, 9.17) is 9.72 Å². The summed E-state index contributed by atoms with van der Waals surface area (Å²) in [6.07, 6.45) is 5.65. The van der Waals surface area contributed by atoms with Crippen LogP contribution in [0, 0.1) is 10.5 Å². The molecule has 1 aromatic heterocycles. The van der Waals surface area contributed by atoms with Gasteiger partial charge in [0.25, 0.3) is 0 Å². The van der Waals surface area contributed by atoms with Gasteiger partial charge in [-0.05, 0) is 93.3 Å². The van der Waals surface area contributed by atoms with E-state index in [1.807, 2.05) is 0 Å². The lowest BCUT2D eigenvalue weighted by atomic mass is 9.84. The van der Waals surface area contributed by atoms with Crippen molar-refractivity contribution in [3.05, 3.63) is 45.0 Å². The highest BCUT2D eigenvalue weighted by Crippen LogP contribution is 2.38. The maximum Gasteiger partial charge on any atom is 0.110 e. The monoisotopic (exact) mass is 438 g/mol. The summed E-state index contributed by atoms with van der Waals surface area (Å²) in [6, 6.07) is 6.68. The standard InChI is InChI=1S/C20H27IN2O/c1-6-15-10-17(7-8-18(15)21)23-12-19(22-14(23)3)16-9-13(2)24-20(4,5)11-16/h7-8,10,12-13,16H,6,9,11H2,1-5H3. The Kier molecular flexibility index (Phi) is 5.07. The molecule has 1 saturated heterocycles. The van der Waals surface area contributed by atoms with Crippen LogP contribution in [0.1, 0.15) is 63.5 Å². The summed E-state index contributed by atoms with van der Waals surface area (Å²) in [4.78, 5) is 4.89. The predicted octanol–water partition coefficient (Wildman–Crippen LogP) is 5.41. The Bertz CT molecular complexity index is 735. The zero-order valence-corrected chi connectivity index (χ0v) is 17.4. The molecule has 2 unspecified atom stereocenters. The van der Waals surface area contributed by atoms with Gasteiger partial charge in [0.2, 0.25) is 0 Å². The zero-order chi connectivity index (χ0) is 17.5. The average Bonchev–Trinajstić information content (AvgIpc) is 2.88. The molecule has 0 bridgehead atoms. The molecule has 1 fully saturated rings. The summed E-state index contributed by atoms with van der Waals surface area (Å²) in [5.74, 6) is 1.53. The molecule has 1 aliphatic rings. The second kappa shape index (κ2) is 6.79. The van der Waals surface area contributed by atoms with Crippen LogP contribution in [0.15, 0.2) is 24.4 Å². The van der Waals surface area contributed by atoms with Crippen LogP contribution in [0.4, 0.5) is 0 Å². The van der Waals surface area contributed by atoms with Crippen LogP contribution in [0.3, 0.4) is 0 Å². The summed E-state index contributed by atoms with van der Waals surface area (Å²) in [5.41, 5.74) is 3.73. The highest BCUT2D eigenvalue weighted by molar-refractivity contribution is 14.1. The molecular formula is C20H27IN2O. The van der Waals surface area contributed by atoms with Gasteiger partial charge >= 0.3 is 0 Å². The van der Waals surface area contributed by atoms with Gasteiger partial charge in [0, 0.05) is 21.4 Å². The predicted molar refractivity (Wildman–Crippen MR) is 107 cm³/mol. The molecule has 0 saturated carbocycles. The van der Waals surface area contributed by atoms with Crippen LogP contribution in [-0.2, 0) is 11.2 Å². The lowest BCUT2D eigenvalue weighted by molar-refractivity contribution is -0.106. The van der Waals surface area contributed by atoms with Crippen molar-refractivity contribution in [1.82, 2.24) is 9.55 Å². The summed E-state index contributed by atoms with van der Waals surface area (Å²) < 4.78 is 9.62. The number of halogens is 1. The number of rotatable bonds is 3. The number of hydrogen-bond donors (Lipinski definition) is 0. The molecular weight excluding hydrogens is 411 g/mol. The van der Waals surface area contributed by atoms with E-state index in [2.05, 4.69) is 86.2 Å². The van der Waals surface area contributed by atoms with Crippen LogP contribution < -0.4 is 0 Å². The molecule has 0 aliphatic carbocycles. The van der Waals surface area contributed by atoms with Crippen molar-refractivity contribution in [2.75, 3.05) is 0 Å². The zero-order valence-electron chi connectivity index (χ0n) is 15.3. The molecule has 0 amide bonds. The third-order valence-corrected chi connectivity index (χ3v) is 5.93. The summed E-state index contributed by atoms with van der Waals surface area (Å²) >= 11 is 2.41. The SMILES string of the molecule is CCc1cc(-n2cc(C3CC(C)OC(C)(C)C3)nc2C)ccc1I. The van der Waals surface area contributed by atoms with Gasteiger partial charge in [-0.1, -0.05) is 6.92 Å². The molecule has 2 heterocycles. The third-order valence-electron chi connectivity index (χ3n) is 4.88. The fourth-order valence-corrected chi connectivity index (χ4v) is 4.60. The summed E-state index contributed by atoms with van der Waals surface area (Å²) in [7, 11) is 0. The van der Waals surface area contributed by atoms with E-state index in [1.54, 1.807) is 0 Å². The van der Waals surface area contributed by atoms with Crippen molar-refractivity contribution in [3.8, 4) is 5.69 Å². The first-order chi connectivity index (χ1) is 11.3. The number of benzene rings is 1. The molecule has 2 atom stereocenters. The maximum atomic E-state index is 6.06. The highest BCUT2D eigenvalue weighted by atomic mass is 127. The fourth-order valence-electron chi connectivity index (χ4n) is 3.88. The van der Waals surface area contributed by atoms with E-state index in [-0.39, 0.29) is 11.7 Å². The van der Waals surface area contributed by atoms with Crippen molar-refractivity contribution in [1.29, 1.82) is 0 Å². The van der Waals surface area contributed by atoms with Gasteiger partial charge in [0.15, 0.2) is 0 Å². The molecule has 0 N–H and O–H groups in total. The first-order valence-corrected chi connectivity index (χ1v) is 9.89. The van der Waals surface area contributed by atoms with E-state index in [1.165, 1.54) is 20.5 Å². The van der Waals surface area contributed by atoms with Crippen molar-refractivity contribution in [2.24, 2.45) is 0 Å². The number of aryl methyl sites for hydroxylation is 2. The lowest BCUT2D eigenvalue weighted by Crippen LogP contribution is -2.37. The molecule has 24 heavy (non-hydrogen) atoms. The fraction of sp³-hybridized carbons (Fsp3) is 0.550. The number of nitrogens with zero attached hydrogens (tertiary/aromatic N) is 2. The van der Waals surface area contributed by atoms with Crippen molar-refractivity contribution < 1.29 is 4.74 Å². The number of hydrogen-bond acceptors (Lipinski definition) is 2. The maximum absolute atomic E-state index is 6.06. The van der Waals surface area contributed by atoms with Gasteiger partial charge in [-0.2, -0.15) is 0 Å². The lowest BCUT2D eigenvalue weighted by Gasteiger charge is -2.38. The molecule has 1 aromatic carbocycles. The normalized spacial score (nSPS) is 23.4. The Labute approximate surface area is 159 Å². The Morgan fingerprint density at radius 2 is 2.12 bits per heavy atom. The van der Waals surface area contributed by atoms with Crippen molar-refractivity contribution in [3.63, 3.8) is 0 Å². The van der Waals surface area contributed by atoms with Crippen LogP contribution >= 0.6 is 22.6 Å². The molecule has 130 valence electrons. The van der Waals surface area contributed by atoms with Gasteiger partial charge in [-0.15, -0.1) is 0 Å². The molecule has 3 nitrogen and oxygen atoms in total. The minimum Gasteiger partial charge on any atom is -0.373 e. The average molecular weight is 438 g/mol. The van der Waals surface area contributed by atoms with E-state index in [0.29, 0.717) is 5.92 Å². The topological polar surface area (TPSA) is 27.1 Å². The number of imidazole rings is 1. The quantitative estimate of drug-likeness (QED) is 0.600. The molecule has 1 aliphatic heterocycles. The van der Waals surface area contributed by atoms with Crippen LogP contribution in [0.5, 0.6) is 0 Å². The Morgan fingerprint density at radius 3 is 2.79 bits per heavy atom. The van der Waals surface area contributed by atoms with Crippen LogP contribution in [0.25, 0.3) is 5.69 Å². The molecule has 0 radical (unpaired) electrons. The van der Waals surface area contributed by atoms with Crippen LogP contribution in [-0.4, -0.2) is 21.3 Å². The Morgan fingerprint density at radius 1 is 1.38 bits per heavy atom. The summed E-state index contributed by atoms with van der Waals surface area (Å²) in [6.45, 7) is 10.8. The molecule has 4 heteroatoms. The third kappa shape index (κ3) is 3.69. The summed E-state index contributed by atoms with van der Waals surface area (Å²) in [5, 5.41) is 0. The van der Waals surface area contributed by atoms with Gasteiger partial charge in [-0.3, -0.25) is 0 Å². The first kappa shape index (κ1) is 17.9. The largest absolute Gasteiger partial charge is 0.373 e. The number of ether oxygens (including phenoxy) is 1. The van der Waals surface area contributed by atoms with Crippen LogP contribution in [0.2, 0.25) is 0 Å². The molecule has 2 aromatic rings. The minimum atomic E-state index is -0.0712. The van der Waals surface area contributed by atoms with Crippen molar-refractivity contribution in [2.45, 2.75) is 71.5 Å².